The maximum atomic E-state index is 14.4. The predicted octanol–water partition coefficient (Wildman–Crippen LogP) is 6.49. The molecular formula is C36H39F2N5O2. The minimum absolute atomic E-state index is 0.0239. The van der Waals surface area contributed by atoms with E-state index in [9.17, 15) is 18.4 Å². The fraction of sp³-hybridized carbons (Fsp3) is 0.361. The first kappa shape index (κ1) is 30.6. The minimum atomic E-state index is -1.08. The van der Waals surface area contributed by atoms with Gasteiger partial charge in [-0.15, -0.1) is 0 Å². The summed E-state index contributed by atoms with van der Waals surface area (Å²) in [5.74, 6) is -1.65. The van der Waals surface area contributed by atoms with Crippen molar-refractivity contribution in [3.8, 4) is 0 Å². The molecular weight excluding hydrogens is 572 g/mol. The minimum Gasteiger partial charge on any atom is -0.335 e. The average Bonchev–Trinajstić information content (AvgIpc) is 3.46. The molecule has 0 aliphatic carbocycles. The quantitative estimate of drug-likeness (QED) is 0.217. The summed E-state index contributed by atoms with van der Waals surface area (Å²) < 4.78 is 29.9. The molecule has 2 aliphatic rings. The molecule has 9 heteroatoms. The summed E-state index contributed by atoms with van der Waals surface area (Å²) in [7, 11) is 0. The van der Waals surface area contributed by atoms with E-state index in [0.29, 0.717) is 63.6 Å². The normalized spacial score (nSPS) is 15.2. The topological polar surface area (TPSA) is 61.7 Å². The molecule has 45 heavy (non-hydrogen) atoms. The lowest BCUT2D eigenvalue weighted by molar-refractivity contribution is 0.0586. The molecule has 1 fully saturated rings. The molecule has 0 unspecified atom stereocenters. The Morgan fingerprint density at radius 3 is 2.13 bits per heavy atom. The molecule has 1 saturated heterocycles. The van der Waals surface area contributed by atoms with Gasteiger partial charge in [-0.25, -0.2) is 13.8 Å². The number of nitrogens with zero attached hydrogens (tertiary/aromatic N) is 5. The Morgan fingerprint density at radius 2 is 1.51 bits per heavy atom. The Labute approximate surface area is 263 Å². The lowest BCUT2D eigenvalue weighted by Crippen LogP contribution is -2.50. The fourth-order valence-electron chi connectivity index (χ4n) is 6.49. The van der Waals surface area contributed by atoms with E-state index in [1.165, 1.54) is 22.1 Å². The summed E-state index contributed by atoms with van der Waals surface area (Å²) in [5, 5.41) is 0. The van der Waals surface area contributed by atoms with E-state index in [1.807, 2.05) is 28.5 Å². The maximum absolute atomic E-state index is 14.4. The second kappa shape index (κ2) is 13.7. The van der Waals surface area contributed by atoms with Gasteiger partial charge in [0.15, 0.2) is 23.1 Å². The first-order valence-electron chi connectivity index (χ1n) is 16.0. The fourth-order valence-corrected chi connectivity index (χ4v) is 6.49. The second-order valence-electron chi connectivity index (χ2n) is 11.8. The molecule has 2 aliphatic heterocycles. The van der Waals surface area contributed by atoms with E-state index < -0.39 is 17.5 Å². The van der Waals surface area contributed by atoms with E-state index in [0.717, 1.165) is 37.2 Å². The number of fused-ring (bicyclic) bond motifs is 1. The Morgan fingerprint density at radius 1 is 0.844 bits per heavy atom. The number of amides is 2. The van der Waals surface area contributed by atoms with Gasteiger partial charge in [-0.1, -0.05) is 74.0 Å². The zero-order valence-electron chi connectivity index (χ0n) is 25.7. The zero-order chi connectivity index (χ0) is 31.3. The van der Waals surface area contributed by atoms with Gasteiger partial charge in [0, 0.05) is 51.3 Å². The van der Waals surface area contributed by atoms with Gasteiger partial charge in [0.1, 0.15) is 5.82 Å². The van der Waals surface area contributed by atoms with Crippen LogP contribution in [0.15, 0.2) is 78.9 Å². The molecule has 3 heterocycles. The molecule has 7 nitrogen and oxygen atoms in total. The van der Waals surface area contributed by atoms with Crippen molar-refractivity contribution in [3.05, 3.63) is 119 Å². The third-order valence-corrected chi connectivity index (χ3v) is 8.86. The van der Waals surface area contributed by atoms with Gasteiger partial charge < -0.3 is 9.47 Å². The van der Waals surface area contributed by atoms with Crippen LogP contribution >= 0.6 is 0 Å². The van der Waals surface area contributed by atoms with Gasteiger partial charge >= 0.3 is 0 Å². The molecule has 234 valence electrons. The Kier molecular flexibility index (Phi) is 9.35. The Bertz CT molecular complexity index is 1590. The number of imidazole rings is 1. The average molecular weight is 612 g/mol. The number of piperazine rings is 1. The van der Waals surface area contributed by atoms with Crippen LogP contribution in [0.5, 0.6) is 0 Å². The smallest absolute Gasteiger partial charge is 0.274 e. The molecule has 0 radical (unpaired) electrons. The van der Waals surface area contributed by atoms with Gasteiger partial charge in [0.25, 0.3) is 11.8 Å². The third-order valence-electron chi connectivity index (χ3n) is 8.86. The molecule has 0 atom stereocenters. The standard InChI is InChI=1S/C36H39F2N5O2/c1-2-3-19-43(35(44)28-17-18-29(37)30(38)25-28)34-33(42-20-11-10-16-31(42)39-34)36(45)41-23-21-40(22-24-41)32(26-12-6-4-7-13-26)27-14-8-5-9-15-27/h4-9,12-15,17-18,25,32H,2-3,10-11,16,19-24H2,1H3. The SMILES string of the molecule is CCCCN(C(=O)c1ccc(F)c(F)c1)c1nc2n(c1C(=O)N1CCN(C(c3ccccc3)c3ccccc3)CC1)CCCC2. The number of carbonyl (C=O) groups excluding carboxylic acids is 2. The van der Waals surface area contributed by atoms with Crippen LogP contribution in [0, 0.1) is 11.6 Å². The van der Waals surface area contributed by atoms with Crippen LogP contribution in [-0.4, -0.2) is 63.9 Å². The van der Waals surface area contributed by atoms with Crippen LogP contribution in [0.3, 0.4) is 0 Å². The molecule has 1 aromatic heterocycles. The predicted molar refractivity (Wildman–Crippen MR) is 170 cm³/mol. The van der Waals surface area contributed by atoms with Crippen LogP contribution in [0.1, 0.15) is 76.4 Å². The number of rotatable bonds is 9. The number of unbranched alkanes of at least 4 members (excludes halogenated alkanes) is 1. The molecule has 6 rings (SSSR count). The van der Waals surface area contributed by atoms with E-state index >= 15 is 0 Å². The lowest BCUT2D eigenvalue weighted by Gasteiger charge is -2.40. The van der Waals surface area contributed by atoms with Gasteiger partial charge in [-0.05, 0) is 48.6 Å². The van der Waals surface area contributed by atoms with Gasteiger partial charge in [0.2, 0.25) is 0 Å². The zero-order valence-corrected chi connectivity index (χ0v) is 25.7. The molecule has 0 bridgehead atoms. The first-order chi connectivity index (χ1) is 22.0. The molecule has 4 aromatic rings. The van der Waals surface area contributed by atoms with Crippen LogP contribution in [0.2, 0.25) is 0 Å². The van der Waals surface area contributed by atoms with Crippen LogP contribution in [0.25, 0.3) is 0 Å². The van der Waals surface area contributed by atoms with Gasteiger partial charge in [-0.2, -0.15) is 0 Å². The molecule has 0 saturated carbocycles. The van der Waals surface area contributed by atoms with Crippen LogP contribution in [-0.2, 0) is 13.0 Å². The maximum Gasteiger partial charge on any atom is 0.274 e. The van der Waals surface area contributed by atoms with Crippen molar-refractivity contribution in [2.45, 2.75) is 51.6 Å². The van der Waals surface area contributed by atoms with E-state index in [2.05, 4.69) is 53.4 Å². The van der Waals surface area contributed by atoms with Crippen molar-refractivity contribution < 1.29 is 18.4 Å². The van der Waals surface area contributed by atoms with E-state index in [1.54, 1.807) is 0 Å². The van der Waals surface area contributed by atoms with Crippen molar-refractivity contribution in [3.63, 3.8) is 0 Å². The number of benzene rings is 3. The molecule has 3 aromatic carbocycles. The summed E-state index contributed by atoms with van der Waals surface area (Å²) in [5.41, 5.74) is 2.85. The largest absolute Gasteiger partial charge is 0.335 e. The Balaban J connectivity index is 1.29. The van der Waals surface area contributed by atoms with Gasteiger partial charge in [-0.3, -0.25) is 19.4 Å². The second-order valence-corrected chi connectivity index (χ2v) is 11.8. The number of aromatic nitrogens is 2. The van der Waals surface area contributed by atoms with Gasteiger partial charge in [0.05, 0.1) is 6.04 Å². The number of hydrogen-bond acceptors (Lipinski definition) is 4. The highest BCUT2D eigenvalue weighted by molar-refractivity contribution is 6.09. The monoisotopic (exact) mass is 611 g/mol. The highest BCUT2D eigenvalue weighted by Gasteiger charge is 2.35. The summed E-state index contributed by atoms with van der Waals surface area (Å²) in [6, 6.07) is 24.1. The number of aryl methyl sites for hydroxylation is 1. The Hall–Kier alpha value is -4.37. The first-order valence-corrected chi connectivity index (χ1v) is 16.0. The van der Waals surface area contributed by atoms with Crippen molar-refractivity contribution >= 4 is 17.6 Å². The number of hydrogen-bond donors (Lipinski definition) is 0. The van der Waals surface area contributed by atoms with Crippen molar-refractivity contribution in [2.24, 2.45) is 0 Å². The van der Waals surface area contributed by atoms with E-state index in [-0.39, 0.29) is 17.5 Å². The highest BCUT2D eigenvalue weighted by atomic mass is 19.2. The van der Waals surface area contributed by atoms with Crippen LogP contribution in [0.4, 0.5) is 14.6 Å². The summed E-state index contributed by atoms with van der Waals surface area (Å²) in [6.07, 6.45) is 4.06. The van der Waals surface area contributed by atoms with Crippen LogP contribution < -0.4 is 4.90 Å². The van der Waals surface area contributed by atoms with Crippen molar-refractivity contribution in [1.29, 1.82) is 0 Å². The summed E-state index contributed by atoms with van der Waals surface area (Å²) in [6.45, 7) is 5.40. The molecule has 0 spiro atoms. The third kappa shape index (κ3) is 6.40. The highest BCUT2D eigenvalue weighted by Crippen LogP contribution is 2.32. The van der Waals surface area contributed by atoms with E-state index in [4.69, 9.17) is 4.98 Å². The molecule has 0 N–H and O–H groups in total. The number of halogens is 2. The van der Waals surface area contributed by atoms with Crippen molar-refractivity contribution in [2.75, 3.05) is 37.6 Å². The van der Waals surface area contributed by atoms with Crippen molar-refractivity contribution in [1.82, 2.24) is 19.4 Å². The number of carbonyl (C=O) groups is 2. The molecule has 2 amide bonds. The summed E-state index contributed by atoms with van der Waals surface area (Å²) in [4.78, 5) is 38.9. The number of anilines is 1. The lowest BCUT2D eigenvalue weighted by atomic mass is 9.96. The summed E-state index contributed by atoms with van der Waals surface area (Å²) >= 11 is 0.